The number of hydrogen-bond donors (Lipinski definition) is 0. The third-order valence-corrected chi connectivity index (χ3v) is 3.08. The van der Waals surface area contributed by atoms with Gasteiger partial charge in [-0.3, -0.25) is 0 Å². The summed E-state index contributed by atoms with van der Waals surface area (Å²) in [5, 5.41) is 0.190. The number of alkyl halides is 3. The summed E-state index contributed by atoms with van der Waals surface area (Å²) in [6.45, 7) is 0. The number of ether oxygens (including phenoxy) is 1. The third kappa shape index (κ3) is 3.41. The number of halogens is 4. The molecule has 0 saturated carbocycles. The number of hydrogen-bond acceptors (Lipinski definition) is 4. The first kappa shape index (κ1) is 16.4. The van der Waals surface area contributed by atoms with Gasteiger partial charge < -0.3 is 9.64 Å². The summed E-state index contributed by atoms with van der Waals surface area (Å²) in [4.78, 5) is 9.95. The molecule has 0 aliphatic rings. The maximum Gasteiger partial charge on any atom is 0.416 e. The van der Waals surface area contributed by atoms with Gasteiger partial charge in [0, 0.05) is 25.7 Å². The van der Waals surface area contributed by atoms with Crippen LogP contribution in [-0.4, -0.2) is 31.2 Å². The van der Waals surface area contributed by atoms with Crippen LogP contribution in [0, 0.1) is 0 Å². The van der Waals surface area contributed by atoms with Crippen LogP contribution < -0.4 is 9.64 Å². The summed E-state index contributed by atoms with van der Waals surface area (Å²) < 4.78 is 43.3. The minimum absolute atomic E-state index is 0.0642. The summed E-state index contributed by atoms with van der Waals surface area (Å²) in [6.07, 6.45) is -4.44. The number of anilines is 1. The first-order valence-electron chi connectivity index (χ1n) is 6.20. The normalized spacial score (nSPS) is 11.4. The molecule has 2 rings (SSSR count). The van der Waals surface area contributed by atoms with Crippen molar-refractivity contribution in [2.45, 2.75) is 6.18 Å². The van der Waals surface area contributed by atoms with Gasteiger partial charge in [-0.2, -0.15) is 13.2 Å². The molecule has 0 saturated heterocycles. The Hall–Kier alpha value is -2.02. The summed E-state index contributed by atoms with van der Waals surface area (Å²) in [7, 11) is 4.77. The van der Waals surface area contributed by atoms with E-state index < -0.39 is 11.7 Å². The van der Waals surface area contributed by atoms with E-state index in [9.17, 15) is 13.2 Å². The SMILES string of the molecule is COc1cc(C(F)(F)F)ccc1-c1cc(Cl)nc(N(C)C)n1. The Balaban J connectivity index is 2.58. The lowest BCUT2D eigenvalue weighted by Gasteiger charge is -2.15. The fraction of sp³-hybridized carbons (Fsp3) is 0.286. The van der Waals surface area contributed by atoms with E-state index in [1.54, 1.807) is 19.0 Å². The number of rotatable bonds is 3. The molecule has 0 atom stereocenters. The first-order valence-corrected chi connectivity index (χ1v) is 6.57. The Bertz CT molecular complexity index is 690. The second-order valence-electron chi connectivity index (χ2n) is 4.68. The lowest BCUT2D eigenvalue weighted by molar-refractivity contribution is -0.137. The summed E-state index contributed by atoms with van der Waals surface area (Å²) in [5.74, 6) is 0.416. The Morgan fingerprint density at radius 3 is 2.36 bits per heavy atom. The molecular weight excluding hydrogens is 319 g/mol. The number of nitrogens with zero attached hydrogens (tertiary/aromatic N) is 3. The second-order valence-corrected chi connectivity index (χ2v) is 5.07. The zero-order valence-electron chi connectivity index (χ0n) is 12.1. The molecule has 0 bridgehead atoms. The van der Waals surface area contributed by atoms with Crippen LogP contribution in [0.15, 0.2) is 24.3 Å². The highest BCUT2D eigenvalue weighted by molar-refractivity contribution is 6.29. The molecule has 118 valence electrons. The summed E-state index contributed by atoms with van der Waals surface area (Å²) in [6, 6.07) is 4.68. The van der Waals surface area contributed by atoms with E-state index >= 15 is 0 Å². The van der Waals surface area contributed by atoms with Crippen molar-refractivity contribution in [3.05, 3.63) is 35.0 Å². The van der Waals surface area contributed by atoms with E-state index in [0.29, 0.717) is 17.2 Å². The summed E-state index contributed by atoms with van der Waals surface area (Å²) in [5.41, 5.74) is -0.00161. The van der Waals surface area contributed by atoms with Crippen LogP contribution in [0.1, 0.15) is 5.56 Å². The molecule has 1 aromatic carbocycles. The van der Waals surface area contributed by atoms with Crippen LogP contribution in [0.5, 0.6) is 5.75 Å². The monoisotopic (exact) mass is 331 g/mol. The first-order chi connectivity index (χ1) is 10.2. The Kier molecular flexibility index (Phi) is 4.46. The highest BCUT2D eigenvalue weighted by Crippen LogP contribution is 2.37. The Morgan fingerprint density at radius 2 is 1.82 bits per heavy atom. The topological polar surface area (TPSA) is 38.2 Å². The Morgan fingerprint density at radius 1 is 1.14 bits per heavy atom. The van der Waals surface area contributed by atoms with E-state index in [-0.39, 0.29) is 10.9 Å². The van der Waals surface area contributed by atoms with Gasteiger partial charge in [0.15, 0.2) is 0 Å². The number of aromatic nitrogens is 2. The quantitative estimate of drug-likeness (QED) is 0.800. The minimum atomic E-state index is -4.44. The maximum atomic E-state index is 12.8. The van der Waals surface area contributed by atoms with Gasteiger partial charge in [-0.1, -0.05) is 11.6 Å². The molecule has 22 heavy (non-hydrogen) atoms. The van der Waals surface area contributed by atoms with Crippen molar-refractivity contribution >= 4 is 17.5 Å². The number of methoxy groups -OCH3 is 1. The molecule has 0 aliphatic carbocycles. The van der Waals surface area contributed by atoms with Gasteiger partial charge in [-0.15, -0.1) is 0 Å². The molecule has 1 aromatic heterocycles. The van der Waals surface area contributed by atoms with Crippen LogP contribution in [0.2, 0.25) is 5.15 Å². The molecule has 0 amide bonds. The van der Waals surface area contributed by atoms with Crippen LogP contribution in [0.4, 0.5) is 19.1 Å². The van der Waals surface area contributed by atoms with Crippen LogP contribution in [-0.2, 0) is 6.18 Å². The third-order valence-electron chi connectivity index (χ3n) is 2.89. The van der Waals surface area contributed by atoms with Gasteiger partial charge in [0.1, 0.15) is 10.9 Å². The molecule has 0 fully saturated rings. The molecular formula is C14H13ClF3N3O. The van der Waals surface area contributed by atoms with Crippen molar-refractivity contribution in [2.24, 2.45) is 0 Å². The van der Waals surface area contributed by atoms with E-state index in [2.05, 4.69) is 9.97 Å². The van der Waals surface area contributed by atoms with Crippen molar-refractivity contribution in [1.82, 2.24) is 9.97 Å². The molecule has 0 radical (unpaired) electrons. The lowest BCUT2D eigenvalue weighted by atomic mass is 10.1. The standard InChI is InChI=1S/C14H13ClF3N3O/c1-21(2)13-19-10(7-12(15)20-13)9-5-4-8(14(16,17)18)6-11(9)22-3/h4-7H,1-3H3. The Labute approximate surface area is 130 Å². The summed E-state index contributed by atoms with van der Waals surface area (Å²) >= 11 is 5.94. The lowest BCUT2D eigenvalue weighted by Crippen LogP contribution is -2.13. The van der Waals surface area contributed by atoms with Gasteiger partial charge in [0.05, 0.1) is 18.4 Å². The maximum absolute atomic E-state index is 12.8. The van der Waals surface area contributed by atoms with Gasteiger partial charge >= 0.3 is 6.18 Å². The van der Waals surface area contributed by atoms with E-state index in [1.165, 1.54) is 19.2 Å². The van der Waals surface area contributed by atoms with Crippen molar-refractivity contribution in [1.29, 1.82) is 0 Å². The predicted octanol–water partition coefficient (Wildman–Crippen LogP) is 3.89. The molecule has 0 spiro atoms. The molecule has 8 heteroatoms. The van der Waals surface area contributed by atoms with Gasteiger partial charge in [-0.25, -0.2) is 9.97 Å². The van der Waals surface area contributed by atoms with Crippen molar-refractivity contribution in [3.8, 4) is 17.0 Å². The van der Waals surface area contributed by atoms with Crippen LogP contribution >= 0.6 is 11.6 Å². The molecule has 0 N–H and O–H groups in total. The molecule has 2 aromatic rings. The zero-order valence-corrected chi connectivity index (χ0v) is 12.8. The van der Waals surface area contributed by atoms with E-state index in [1.807, 2.05) is 0 Å². The van der Waals surface area contributed by atoms with E-state index in [0.717, 1.165) is 12.1 Å². The smallest absolute Gasteiger partial charge is 0.416 e. The van der Waals surface area contributed by atoms with Crippen molar-refractivity contribution in [3.63, 3.8) is 0 Å². The van der Waals surface area contributed by atoms with Gasteiger partial charge in [-0.05, 0) is 18.2 Å². The predicted molar refractivity (Wildman–Crippen MR) is 78.4 cm³/mol. The highest BCUT2D eigenvalue weighted by atomic mass is 35.5. The van der Waals surface area contributed by atoms with Gasteiger partial charge in [0.25, 0.3) is 0 Å². The van der Waals surface area contributed by atoms with Gasteiger partial charge in [0.2, 0.25) is 5.95 Å². The average Bonchev–Trinajstić information content (AvgIpc) is 2.44. The zero-order chi connectivity index (χ0) is 16.5. The highest BCUT2D eigenvalue weighted by Gasteiger charge is 2.31. The van der Waals surface area contributed by atoms with E-state index in [4.69, 9.17) is 16.3 Å². The fourth-order valence-corrected chi connectivity index (χ4v) is 2.00. The van der Waals surface area contributed by atoms with Crippen molar-refractivity contribution < 1.29 is 17.9 Å². The largest absolute Gasteiger partial charge is 0.496 e. The van der Waals surface area contributed by atoms with Crippen LogP contribution in [0.3, 0.4) is 0 Å². The molecule has 0 unspecified atom stereocenters. The number of benzene rings is 1. The second kappa shape index (κ2) is 6.00. The molecule has 4 nitrogen and oxygen atoms in total. The van der Waals surface area contributed by atoms with Crippen molar-refractivity contribution in [2.75, 3.05) is 26.1 Å². The minimum Gasteiger partial charge on any atom is -0.496 e. The van der Waals surface area contributed by atoms with Crippen LogP contribution in [0.25, 0.3) is 11.3 Å². The fourth-order valence-electron chi connectivity index (χ4n) is 1.82. The molecule has 0 aliphatic heterocycles. The average molecular weight is 332 g/mol. The molecule has 1 heterocycles.